The number of aromatic nitrogens is 2. The Morgan fingerprint density at radius 2 is 1.67 bits per heavy atom. The Bertz CT molecular complexity index is 554. The lowest BCUT2D eigenvalue weighted by molar-refractivity contribution is 0.393. The first-order valence-corrected chi connectivity index (χ1v) is 8.00. The highest BCUT2D eigenvalue weighted by molar-refractivity contribution is 5.53. The summed E-state index contributed by atoms with van der Waals surface area (Å²) >= 11 is 0. The second kappa shape index (κ2) is 6.85. The second-order valence-electron chi connectivity index (χ2n) is 5.90. The van der Waals surface area contributed by atoms with Crippen molar-refractivity contribution in [2.45, 2.75) is 57.4 Å². The normalized spacial score (nSPS) is 17.4. The highest BCUT2D eigenvalue weighted by atomic mass is 16.5. The standard InChI is InChI=1S/C17H23N3O/c18-12-13-8-10-15(11-9-13)17-19-16(20-21-17)14-6-4-2-1-3-5-7-14/h8-11,14H,1-7,12,18H2. The zero-order valence-corrected chi connectivity index (χ0v) is 12.4. The molecule has 2 N–H and O–H groups in total. The van der Waals surface area contributed by atoms with E-state index in [0.717, 1.165) is 17.0 Å². The summed E-state index contributed by atoms with van der Waals surface area (Å²) in [6.07, 6.45) is 8.97. The summed E-state index contributed by atoms with van der Waals surface area (Å²) in [5.74, 6) is 1.97. The van der Waals surface area contributed by atoms with E-state index in [1.807, 2.05) is 24.3 Å². The van der Waals surface area contributed by atoms with Gasteiger partial charge in [0.15, 0.2) is 5.82 Å². The number of nitrogens with zero attached hydrogens (tertiary/aromatic N) is 2. The van der Waals surface area contributed by atoms with Gasteiger partial charge >= 0.3 is 0 Å². The van der Waals surface area contributed by atoms with Crippen LogP contribution < -0.4 is 5.73 Å². The van der Waals surface area contributed by atoms with Gasteiger partial charge in [-0.05, 0) is 30.5 Å². The lowest BCUT2D eigenvalue weighted by Crippen LogP contribution is -2.04. The highest BCUT2D eigenvalue weighted by Crippen LogP contribution is 2.30. The van der Waals surface area contributed by atoms with E-state index in [4.69, 9.17) is 10.3 Å². The summed E-state index contributed by atoms with van der Waals surface area (Å²) < 4.78 is 5.46. The maximum absolute atomic E-state index is 5.62. The van der Waals surface area contributed by atoms with Crippen LogP contribution in [-0.2, 0) is 6.54 Å². The van der Waals surface area contributed by atoms with Crippen LogP contribution in [0.4, 0.5) is 0 Å². The van der Waals surface area contributed by atoms with E-state index >= 15 is 0 Å². The fourth-order valence-corrected chi connectivity index (χ4v) is 3.02. The zero-order valence-electron chi connectivity index (χ0n) is 12.4. The molecule has 0 aliphatic heterocycles. The van der Waals surface area contributed by atoms with E-state index in [2.05, 4.69) is 10.1 Å². The molecule has 0 spiro atoms. The van der Waals surface area contributed by atoms with E-state index in [0.29, 0.717) is 18.4 Å². The number of nitrogens with two attached hydrogens (primary N) is 1. The maximum atomic E-state index is 5.62. The molecule has 112 valence electrons. The first-order valence-electron chi connectivity index (χ1n) is 8.00. The molecule has 1 saturated carbocycles. The molecule has 0 amide bonds. The number of hydrogen-bond acceptors (Lipinski definition) is 4. The Kier molecular flexibility index (Phi) is 4.65. The molecule has 0 unspecified atom stereocenters. The van der Waals surface area contributed by atoms with Crippen molar-refractivity contribution in [1.82, 2.24) is 10.1 Å². The molecule has 0 atom stereocenters. The van der Waals surface area contributed by atoms with E-state index in [1.54, 1.807) is 0 Å². The molecule has 4 nitrogen and oxygen atoms in total. The Balaban J connectivity index is 1.74. The van der Waals surface area contributed by atoms with Crippen LogP contribution in [0, 0.1) is 0 Å². The van der Waals surface area contributed by atoms with Gasteiger partial charge in [-0.3, -0.25) is 0 Å². The molecular weight excluding hydrogens is 262 g/mol. The van der Waals surface area contributed by atoms with Crippen molar-refractivity contribution in [3.8, 4) is 11.5 Å². The van der Waals surface area contributed by atoms with Gasteiger partial charge in [-0.2, -0.15) is 4.98 Å². The van der Waals surface area contributed by atoms with Crippen LogP contribution in [0.15, 0.2) is 28.8 Å². The van der Waals surface area contributed by atoms with Crippen LogP contribution in [0.5, 0.6) is 0 Å². The lowest BCUT2D eigenvalue weighted by Gasteiger charge is -2.15. The Labute approximate surface area is 125 Å². The lowest BCUT2D eigenvalue weighted by atomic mass is 9.91. The van der Waals surface area contributed by atoms with Crippen molar-refractivity contribution in [3.63, 3.8) is 0 Å². The molecular formula is C17H23N3O. The van der Waals surface area contributed by atoms with E-state index in [9.17, 15) is 0 Å². The predicted molar refractivity (Wildman–Crippen MR) is 82.7 cm³/mol. The fourth-order valence-electron chi connectivity index (χ4n) is 3.02. The SMILES string of the molecule is NCc1ccc(-c2nc(C3CCCCCCC3)no2)cc1. The van der Waals surface area contributed by atoms with E-state index < -0.39 is 0 Å². The smallest absolute Gasteiger partial charge is 0.257 e. The largest absolute Gasteiger partial charge is 0.334 e. The van der Waals surface area contributed by atoms with Crippen molar-refractivity contribution in [3.05, 3.63) is 35.7 Å². The van der Waals surface area contributed by atoms with E-state index in [-0.39, 0.29) is 0 Å². The van der Waals surface area contributed by atoms with Gasteiger partial charge in [0.1, 0.15) is 0 Å². The van der Waals surface area contributed by atoms with Gasteiger partial charge in [-0.1, -0.05) is 49.4 Å². The summed E-state index contributed by atoms with van der Waals surface area (Å²) in [5.41, 5.74) is 7.70. The average molecular weight is 285 g/mol. The van der Waals surface area contributed by atoms with Crippen molar-refractivity contribution < 1.29 is 4.52 Å². The molecule has 0 radical (unpaired) electrons. The summed E-state index contributed by atoms with van der Waals surface area (Å²) in [7, 11) is 0. The second-order valence-corrected chi connectivity index (χ2v) is 5.90. The van der Waals surface area contributed by atoms with Crippen LogP contribution in [0.1, 0.15) is 62.3 Å². The van der Waals surface area contributed by atoms with Gasteiger partial charge in [0.25, 0.3) is 5.89 Å². The minimum absolute atomic E-state index is 0.464. The van der Waals surface area contributed by atoms with Gasteiger partial charge in [0.05, 0.1) is 0 Å². The maximum Gasteiger partial charge on any atom is 0.257 e. The number of benzene rings is 1. The summed E-state index contributed by atoms with van der Waals surface area (Å²) in [4.78, 5) is 4.62. The molecule has 1 aromatic carbocycles. The monoisotopic (exact) mass is 285 g/mol. The van der Waals surface area contributed by atoms with E-state index in [1.165, 1.54) is 44.9 Å². The third-order valence-corrected chi connectivity index (χ3v) is 4.35. The number of hydrogen-bond donors (Lipinski definition) is 1. The van der Waals surface area contributed by atoms with Crippen molar-refractivity contribution >= 4 is 0 Å². The zero-order chi connectivity index (χ0) is 14.5. The van der Waals surface area contributed by atoms with Gasteiger partial charge < -0.3 is 10.3 Å². The Morgan fingerprint density at radius 1 is 1.00 bits per heavy atom. The third kappa shape index (κ3) is 3.50. The highest BCUT2D eigenvalue weighted by Gasteiger charge is 2.19. The van der Waals surface area contributed by atoms with Crippen LogP contribution in [-0.4, -0.2) is 10.1 Å². The topological polar surface area (TPSA) is 64.9 Å². The fraction of sp³-hybridized carbons (Fsp3) is 0.529. The quantitative estimate of drug-likeness (QED) is 0.925. The molecule has 1 fully saturated rings. The molecule has 1 aromatic heterocycles. The molecule has 21 heavy (non-hydrogen) atoms. The minimum Gasteiger partial charge on any atom is -0.334 e. The third-order valence-electron chi connectivity index (χ3n) is 4.35. The average Bonchev–Trinajstić information content (AvgIpc) is 2.97. The predicted octanol–water partition coefficient (Wildman–Crippen LogP) is 4.02. The van der Waals surface area contributed by atoms with Gasteiger partial charge in [0, 0.05) is 18.0 Å². The molecule has 1 aliphatic rings. The molecule has 1 aliphatic carbocycles. The van der Waals surface area contributed by atoms with Gasteiger partial charge in [0.2, 0.25) is 0 Å². The Hall–Kier alpha value is -1.68. The molecule has 3 rings (SSSR count). The van der Waals surface area contributed by atoms with Crippen molar-refractivity contribution in [2.24, 2.45) is 5.73 Å². The van der Waals surface area contributed by atoms with Crippen LogP contribution in [0.2, 0.25) is 0 Å². The summed E-state index contributed by atoms with van der Waals surface area (Å²) in [6.45, 7) is 0.553. The van der Waals surface area contributed by atoms with Crippen LogP contribution in [0.25, 0.3) is 11.5 Å². The van der Waals surface area contributed by atoms with Gasteiger partial charge in [-0.15, -0.1) is 0 Å². The number of rotatable bonds is 3. The molecule has 1 heterocycles. The van der Waals surface area contributed by atoms with Gasteiger partial charge in [-0.25, -0.2) is 0 Å². The molecule has 2 aromatic rings. The molecule has 4 heteroatoms. The summed E-state index contributed by atoms with van der Waals surface area (Å²) in [6, 6.07) is 8.01. The first-order chi connectivity index (χ1) is 10.4. The van der Waals surface area contributed by atoms with Crippen LogP contribution >= 0.6 is 0 Å². The van der Waals surface area contributed by atoms with Crippen molar-refractivity contribution in [1.29, 1.82) is 0 Å². The summed E-state index contributed by atoms with van der Waals surface area (Å²) in [5, 5.41) is 4.22. The molecule has 0 bridgehead atoms. The molecule has 0 saturated heterocycles. The van der Waals surface area contributed by atoms with Crippen molar-refractivity contribution in [2.75, 3.05) is 0 Å². The minimum atomic E-state index is 0.464. The first kappa shape index (κ1) is 14.3. The Morgan fingerprint density at radius 3 is 2.33 bits per heavy atom. The van der Waals surface area contributed by atoms with Crippen LogP contribution in [0.3, 0.4) is 0 Å².